The van der Waals surface area contributed by atoms with Gasteiger partial charge in [-0.3, -0.25) is 4.68 Å². The second kappa shape index (κ2) is 4.19. The molecule has 0 saturated heterocycles. The lowest BCUT2D eigenvalue weighted by atomic mass is 9.76. The number of allylic oxidation sites excluding steroid dienone is 2. The van der Waals surface area contributed by atoms with Gasteiger partial charge in [-0.15, -0.1) is 11.6 Å². The van der Waals surface area contributed by atoms with Gasteiger partial charge in [0.2, 0.25) is 0 Å². The molecule has 1 unspecified atom stereocenters. The quantitative estimate of drug-likeness (QED) is 0.717. The van der Waals surface area contributed by atoms with Crippen LogP contribution in [0.5, 0.6) is 0 Å². The molecule has 1 heterocycles. The molecule has 1 aromatic heterocycles. The van der Waals surface area contributed by atoms with Crippen LogP contribution < -0.4 is 0 Å². The molecule has 0 bridgehead atoms. The Labute approximate surface area is 110 Å². The van der Waals surface area contributed by atoms with E-state index in [1.807, 2.05) is 17.9 Å². The van der Waals surface area contributed by atoms with E-state index in [-0.39, 0.29) is 10.8 Å². The Bertz CT molecular complexity index is 415. The number of halogens is 2. The van der Waals surface area contributed by atoms with Gasteiger partial charge in [0.15, 0.2) is 0 Å². The predicted octanol–water partition coefficient (Wildman–Crippen LogP) is 3.99. The molecule has 0 N–H and O–H groups in total. The summed E-state index contributed by atoms with van der Waals surface area (Å²) in [4.78, 5) is 0. The van der Waals surface area contributed by atoms with Crippen molar-refractivity contribution >= 4 is 33.1 Å². The molecule has 0 saturated carbocycles. The number of hydrogen-bond donors (Lipinski definition) is 0. The van der Waals surface area contributed by atoms with Crippen LogP contribution in [-0.4, -0.2) is 15.2 Å². The lowest BCUT2D eigenvalue weighted by Crippen LogP contribution is -2.22. The summed E-state index contributed by atoms with van der Waals surface area (Å²) in [6.45, 7) is 4.53. The lowest BCUT2D eigenvalue weighted by molar-refractivity contribution is 0.339. The Morgan fingerprint density at radius 2 is 2.25 bits per heavy atom. The van der Waals surface area contributed by atoms with E-state index in [2.05, 4.69) is 41.0 Å². The lowest BCUT2D eigenvalue weighted by Gasteiger charge is -2.32. The zero-order chi connectivity index (χ0) is 11.9. The van der Waals surface area contributed by atoms with E-state index in [0.29, 0.717) is 0 Å². The van der Waals surface area contributed by atoms with Crippen LogP contribution in [-0.2, 0) is 7.05 Å². The predicted molar refractivity (Wildman–Crippen MR) is 71.5 cm³/mol. The zero-order valence-corrected chi connectivity index (χ0v) is 12.1. The molecule has 0 fully saturated rings. The Morgan fingerprint density at radius 3 is 2.75 bits per heavy atom. The van der Waals surface area contributed by atoms with E-state index in [1.165, 1.54) is 5.57 Å². The fraction of sp³-hybridized carbons (Fsp3) is 0.583. The summed E-state index contributed by atoms with van der Waals surface area (Å²) in [5, 5.41) is 4.38. The highest BCUT2D eigenvalue weighted by Crippen LogP contribution is 2.42. The minimum absolute atomic E-state index is 0.126. The van der Waals surface area contributed by atoms with Crippen LogP contribution >= 0.6 is 27.5 Å². The van der Waals surface area contributed by atoms with Crippen molar-refractivity contribution in [1.29, 1.82) is 0 Å². The van der Waals surface area contributed by atoms with E-state index in [0.717, 1.165) is 23.0 Å². The maximum atomic E-state index is 6.30. The average molecular weight is 304 g/mol. The zero-order valence-electron chi connectivity index (χ0n) is 9.80. The number of nitrogens with zero attached hydrogens (tertiary/aromatic N) is 2. The van der Waals surface area contributed by atoms with Crippen LogP contribution in [0.4, 0.5) is 0 Å². The molecule has 1 atom stereocenters. The molecule has 2 nitrogen and oxygen atoms in total. The number of aryl methyl sites for hydroxylation is 1. The van der Waals surface area contributed by atoms with Gasteiger partial charge in [0, 0.05) is 7.05 Å². The summed E-state index contributed by atoms with van der Waals surface area (Å²) in [5.74, 6) is 0. The van der Waals surface area contributed by atoms with Crippen molar-refractivity contribution in [3.8, 4) is 0 Å². The van der Waals surface area contributed by atoms with E-state index in [4.69, 9.17) is 11.6 Å². The van der Waals surface area contributed by atoms with Gasteiger partial charge in [-0.1, -0.05) is 19.9 Å². The summed E-state index contributed by atoms with van der Waals surface area (Å²) < 4.78 is 2.95. The summed E-state index contributed by atoms with van der Waals surface area (Å²) in [5.41, 5.74) is 2.71. The molecule has 0 amide bonds. The average Bonchev–Trinajstić information content (AvgIpc) is 2.42. The number of rotatable bonds is 1. The molecule has 88 valence electrons. The first-order chi connectivity index (χ1) is 7.39. The molecule has 0 spiro atoms. The number of hydrogen-bond acceptors (Lipinski definition) is 1. The van der Waals surface area contributed by atoms with E-state index >= 15 is 0 Å². The van der Waals surface area contributed by atoms with E-state index < -0.39 is 0 Å². The van der Waals surface area contributed by atoms with Gasteiger partial charge in [0.25, 0.3) is 0 Å². The molecule has 2 rings (SSSR count). The fourth-order valence-electron chi connectivity index (χ4n) is 2.39. The van der Waals surface area contributed by atoms with Gasteiger partial charge in [0.1, 0.15) is 0 Å². The van der Waals surface area contributed by atoms with Gasteiger partial charge >= 0.3 is 0 Å². The van der Waals surface area contributed by atoms with Gasteiger partial charge in [0.05, 0.1) is 21.7 Å². The number of alkyl halides is 1. The van der Waals surface area contributed by atoms with Crippen molar-refractivity contribution in [2.24, 2.45) is 12.5 Å². The third kappa shape index (κ3) is 2.35. The smallest absolute Gasteiger partial charge is 0.0778 e. The third-order valence-electron chi connectivity index (χ3n) is 3.00. The van der Waals surface area contributed by atoms with Gasteiger partial charge in [-0.05, 0) is 39.8 Å². The molecule has 0 aromatic carbocycles. The van der Waals surface area contributed by atoms with Crippen LogP contribution in [0.1, 0.15) is 32.4 Å². The molecule has 16 heavy (non-hydrogen) atoms. The molecule has 4 heteroatoms. The second-order valence-electron chi connectivity index (χ2n) is 5.22. The Morgan fingerprint density at radius 1 is 1.56 bits per heavy atom. The fourth-order valence-corrected chi connectivity index (χ4v) is 3.56. The topological polar surface area (TPSA) is 17.8 Å². The largest absolute Gasteiger partial charge is 0.267 e. The highest BCUT2D eigenvalue weighted by atomic mass is 79.9. The van der Waals surface area contributed by atoms with Gasteiger partial charge in [-0.2, -0.15) is 5.10 Å². The first-order valence-corrected chi connectivity index (χ1v) is 6.65. The van der Waals surface area contributed by atoms with Crippen molar-refractivity contribution < 1.29 is 0 Å². The monoisotopic (exact) mass is 302 g/mol. The molecule has 1 aliphatic rings. The Balaban J connectivity index is 2.41. The van der Waals surface area contributed by atoms with Crippen molar-refractivity contribution in [1.82, 2.24) is 9.78 Å². The summed E-state index contributed by atoms with van der Waals surface area (Å²) in [6.07, 6.45) is 6.08. The standard InChI is InChI=1S/C12H16BrClN2/c1-12(2)5-8(4-9(14)6-12)11-10(13)7-15-16(11)3/h4,7,9H,5-6H2,1-3H3. The van der Waals surface area contributed by atoms with Gasteiger partial charge < -0.3 is 0 Å². The first kappa shape index (κ1) is 12.2. The second-order valence-corrected chi connectivity index (χ2v) is 6.63. The summed E-state index contributed by atoms with van der Waals surface area (Å²) >= 11 is 9.84. The molecular weight excluding hydrogens is 288 g/mol. The SMILES string of the molecule is Cn1ncc(Br)c1C1=CC(Cl)CC(C)(C)C1. The van der Waals surface area contributed by atoms with E-state index in [9.17, 15) is 0 Å². The van der Waals surface area contributed by atoms with Crippen LogP contribution in [0.15, 0.2) is 16.7 Å². The summed E-state index contributed by atoms with van der Waals surface area (Å²) in [7, 11) is 1.96. The van der Waals surface area contributed by atoms with Crippen LogP contribution in [0.25, 0.3) is 5.57 Å². The number of aromatic nitrogens is 2. The summed E-state index contributed by atoms with van der Waals surface area (Å²) in [6, 6.07) is 0. The maximum absolute atomic E-state index is 6.30. The van der Waals surface area contributed by atoms with Gasteiger partial charge in [-0.25, -0.2) is 0 Å². The van der Waals surface area contributed by atoms with Crippen molar-refractivity contribution in [3.63, 3.8) is 0 Å². The molecule has 0 aliphatic heterocycles. The van der Waals surface area contributed by atoms with E-state index in [1.54, 1.807) is 0 Å². The minimum atomic E-state index is 0.126. The molecular formula is C12H16BrClN2. The molecule has 1 aliphatic carbocycles. The third-order valence-corrected chi connectivity index (χ3v) is 3.86. The molecule has 1 aromatic rings. The Hall–Kier alpha value is -0.280. The van der Waals surface area contributed by atoms with Crippen molar-refractivity contribution in [2.75, 3.05) is 0 Å². The van der Waals surface area contributed by atoms with Crippen molar-refractivity contribution in [3.05, 3.63) is 22.4 Å². The van der Waals surface area contributed by atoms with Crippen LogP contribution in [0.3, 0.4) is 0 Å². The highest BCUT2D eigenvalue weighted by molar-refractivity contribution is 9.10. The highest BCUT2D eigenvalue weighted by Gasteiger charge is 2.29. The van der Waals surface area contributed by atoms with Crippen molar-refractivity contribution in [2.45, 2.75) is 32.1 Å². The molecule has 0 radical (unpaired) electrons. The normalized spacial score (nSPS) is 24.3. The van der Waals surface area contributed by atoms with Crippen LogP contribution in [0, 0.1) is 5.41 Å². The maximum Gasteiger partial charge on any atom is 0.0778 e. The first-order valence-electron chi connectivity index (χ1n) is 5.42. The minimum Gasteiger partial charge on any atom is -0.267 e. The Kier molecular flexibility index (Phi) is 3.19. The van der Waals surface area contributed by atoms with Crippen LogP contribution in [0.2, 0.25) is 0 Å².